The van der Waals surface area contributed by atoms with Crippen molar-refractivity contribution in [3.63, 3.8) is 0 Å². The Morgan fingerprint density at radius 1 is 1.27 bits per heavy atom. The maximum absolute atomic E-state index is 5.13. The fourth-order valence-corrected chi connectivity index (χ4v) is 1.66. The van der Waals surface area contributed by atoms with E-state index in [4.69, 9.17) is 4.42 Å². The number of hydrogen-bond donors (Lipinski definition) is 1. The Kier molecular flexibility index (Phi) is 1.62. The van der Waals surface area contributed by atoms with Gasteiger partial charge in [0.25, 0.3) is 5.89 Å². The predicted molar refractivity (Wildman–Crippen MR) is 56.3 cm³/mol. The lowest BCUT2D eigenvalue weighted by atomic mass is 10.2. The number of fused-ring (bicyclic) bond motifs is 1. The molecule has 15 heavy (non-hydrogen) atoms. The van der Waals surface area contributed by atoms with Gasteiger partial charge in [-0.05, 0) is 25.1 Å². The van der Waals surface area contributed by atoms with Crippen molar-refractivity contribution in [1.29, 1.82) is 0 Å². The van der Waals surface area contributed by atoms with Gasteiger partial charge in [-0.15, -0.1) is 10.2 Å². The summed E-state index contributed by atoms with van der Waals surface area (Å²) in [6.07, 6.45) is 1.33. The molecule has 0 radical (unpaired) electrons. The SMILES string of the molecule is Cc1ccc2[nH]c(-c3nnco3)cc2c1. The molecule has 0 aliphatic heterocycles. The average Bonchev–Trinajstić information content (AvgIpc) is 2.84. The van der Waals surface area contributed by atoms with Crippen molar-refractivity contribution in [3.05, 3.63) is 36.2 Å². The predicted octanol–water partition coefficient (Wildman–Crippen LogP) is 2.53. The van der Waals surface area contributed by atoms with Crippen LogP contribution < -0.4 is 0 Å². The van der Waals surface area contributed by atoms with Crippen LogP contribution >= 0.6 is 0 Å². The minimum absolute atomic E-state index is 0.517. The average molecular weight is 199 g/mol. The summed E-state index contributed by atoms with van der Waals surface area (Å²) in [5.74, 6) is 0.517. The van der Waals surface area contributed by atoms with Gasteiger partial charge < -0.3 is 9.40 Å². The molecule has 0 saturated carbocycles. The first kappa shape index (κ1) is 8.23. The Labute approximate surface area is 85.9 Å². The van der Waals surface area contributed by atoms with Gasteiger partial charge >= 0.3 is 0 Å². The Balaban J connectivity index is 2.22. The third kappa shape index (κ3) is 1.30. The molecule has 0 unspecified atom stereocenters. The molecular weight excluding hydrogens is 190 g/mol. The monoisotopic (exact) mass is 199 g/mol. The van der Waals surface area contributed by atoms with Crippen LogP contribution in [0.25, 0.3) is 22.5 Å². The van der Waals surface area contributed by atoms with Crippen molar-refractivity contribution < 1.29 is 4.42 Å². The van der Waals surface area contributed by atoms with Crippen molar-refractivity contribution in [1.82, 2.24) is 15.2 Å². The number of aryl methyl sites for hydroxylation is 1. The number of H-pyrrole nitrogens is 1. The van der Waals surface area contributed by atoms with Gasteiger partial charge in [-0.2, -0.15) is 0 Å². The molecule has 0 aliphatic carbocycles. The second-order valence-electron chi connectivity index (χ2n) is 3.52. The van der Waals surface area contributed by atoms with Crippen molar-refractivity contribution in [2.24, 2.45) is 0 Å². The number of nitrogens with one attached hydrogen (secondary N) is 1. The number of hydrogen-bond acceptors (Lipinski definition) is 3. The second-order valence-corrected chi connectivity index (χ2v) is 3.52. The van der Waals surface area contributed by atoms with Gasteiger partial charge in [-0.3, -0.25) is 0 Å². The molecule has 1 aromatic carbocycles. The Bertz CT molecular complexity index is 595. The highest BCUT2D eigenvalue weighted by molar-refractivity contribution is 5.84. The van der Waals surface area contributed by atoms with Crippen LogP contribution in [0.5, 0.6) is 0 Å². The van der Waals surface area contributed by atoms with E-state index in [1.54, 1.807) is 0 Å². The fourth-order valence-electron chi connectivity index (χ4n) is 1.66. The van der Waals surface area contributed by atoms with Gasteiger partial charge in [-0.25, -0.2) is 0 Å². The van der Waals surface area contributed by atoms with Crippen LogP contribution in [0, 0.1) is 6.92 Å². The highest BCUT2D eigenvalue weighted by atomic mass is 16.4. The second kappa shape index (κ2) is 2.95. The first-order chi connectivity index (χ1) is 7.33. The van der Waals surface area contributed by atoms with Crippen LogP contribution in [0.1, 0.15) is 5.56 Å². The molecule has 0 amide bonds. The summed E-state index contributed by atoms with van der Waals surface area (Å²) in [4.78, 5) is 3.23. The van der Waals surface area contributed by atoms with Gasteiger partial charge in [-0.1, -0.05) is 11.6 Å². The van der Waals surface area contributed by atoms with E-state index in [0.29, 0.717) is 5.89 Å². The summed E-state index contributed by atoms with van der Waals surface area (Å²) in [7, 11) is 0. The molecule has 2 heterocycles. The number of nitrogens with zero attached hydrogens (tertiary/aromatic N) is 2. The molecule has 3 rings (SSSR count). The minimum Gasteiger partial charge on any atom is -0.422 e. The molecule has 0 spiro atoms. The van der Waals surface area contributed by atoms with Crippen molar-refractivity contribution in [2.45, 2.75) is 6.92 Å². The van der Waals surface area contributed by atoms with E-state index in [0.717, 1.165) is 16.6 Å². The van der Waals surface area contributed by atoms with Gasteiger partial charge in [0, 0.05) is 10.9 Å². The summed E-state index contributed by atoms with van der Waals surface area (Å²) in [5.41, 5.74) is 3.17. The molecule has 0 aliphatic rings. The van der Waals surface area contributed by atoms with Crippen LogP contribution in [0.4, 0.5) is 0 Å². The minimum atomic E-state index is 0.517. The Morgan fingerprint density at radius 2 is 2.20 bits per heavy atom. The van der Waals surface area contributed by atoms with E-state index >= 15 is 0 Å². The zero-order valence-corrected chi connectivity index (χ0v) is 8.19. The number of aromatic nitrogens is 3. The summed E-state index contributed by atoms with van der Waals surface area (Å²) in [5, 5.41) is 8.66. The summed E-state index contributed by atoms with van der Waals surface area (Å²) >= 11 is 0. The summed E-state index contributed by atoms with van der Waals surface area (Å²) in [6, 6.07) is 8.24. The lowest BCUT2D eigenvalue weighted by Crippen LogP contribution is -1.76. The molecular formula is C11H9N3O. The molecule has 0 bridgehead atoms. The van der Waals surface area contributed by atoms with E-state index < -0.39 is 0 Å². The van der Waals surface area contributed by atoms with Crippen LogP contribution in [-0.4, -0.2) is 15.2 Å². The van der Waals surface area contributed by atoms with E-state index in [1.807, 2.05) is 12.1 Å². The zero-order valence-electron chi connectivity index (χ0n) is 8.19. The van der Waals surface area contributed by atoms with Gasteiger partial charge in [0.2, 0.25) is 6.39 Å². The Hall–Kier alpha value is -2.10. The quantitative estimate of drug-likeness (QED) is 0.655. The van der Waals surface area contributed by atoms with Crippen molar-refractivity contribution in [3.8, 4) is 11.6 Å². The third-order valence-corrected chi connectivity index (χ3v) is 2.37. The highest BCUT2D eigenvalue weighted by Gasteiger charge is 2.07. The third-order valence-electron chi connectivity index (χ3n) is 2.37. The maximum atomic E-state index is 5.13. The molecule has 0 fully saturated rings. The zero-order chi connectivity index (χ0) is 10.3. The molecule has 4 heteroatoms. The number of benzene rings is 1. The standard InChI is InChI=1S/C11H9N3O/c1-7-2-3-9-8(4-7)5-10(13-9)11-14-12-6-15-11/h2-6,13H,1H3. The van der Waals surface area contributed by atoms with E-state index in [1.165, 1.54) is 12.0 Å². The molecule has 3 aromatic rings. The molecule has 1 N–H and O–H groups in total. The number of rotatable bonds is 1. The summed E-state index contributed by atoms with van der Waals surface area (Å²) < 4.78 is 5.13. The van der Waals surface area contributed by atoms with Gasteiger partial charge in [0.05, 0.1) is 0 Å². The highest BCUT2D eigenvalue weighted by Crippen LogP contribution is 2.22. The Morgan fingerprint density at radius 3 is 3.00 bits per heavy atom. The maximum Gasteiger partial charge on any atom is 0.263 e. The topological polar surface area (TPSA) is 54.7 Å². The van der Waals surface area contributed by atoms with Crippen LogP contribution in [0.2, 0.25) is 0 Å². The molecule has 0 atom stereocenters. The first-order valence-electron chi connectivity index (χ1n) is 4.69. The summed E-state index contributed by atoms with van der Waals surface area (Å²) in [6.45, 7) is 2.07. The van der Waals surface area contributed by atoms with E-state index in [2.05, 4.69) is 34.2 Å². The van der Waals surface area contributed by atoms with Crippen LogP contribution in [0.15, 0.2) is 35.1 Å². The van der Waals surface area contributed by atoms with Crippen molar-refractivity contribution in [2.75, 3.05) is 0 Å². The van der Waals surface area contributed by atoms with E-state index in [-0.39, 0.29) is 0 Å². The molecule has 74 valence electrons. The smallest absolute Gasteiger partial charge is 0.263 e. The molecule has 0 saturated heterocycles. The lowest BCUT2D eigenvalue weighted by Gasteiger charge is -1.90. The normalized spacial score (nSPS) is 11.0. The van der Waals surface area contributed by atoms with E-state index in [9.17, 15) is 0 Å². The van der Waals surface area contributed by atoms with Crippen LogP contribution in [0.3, 0.4) is 0 Å². The number of aromatic amines is 1. The van der Waals surface area contributed by atoms with Gasteiger partial charge in [0.1, 0.15) is 5.69 Å². The largest absolute Gasteiger partial charge is 0.422 e. The lowest BCUT2D eigenvalue weighted by molar-refractivity contribution is 0.567. The van der Waals surface area contributed by atoms with Crippen molar-refractivity contribution >= 4 is 10.9 Å². The molecule has 2 aromatic heterocycles. The first-order valence-corrected chi connectivity index (χ1v) is 4.69. The van der Waals surface area contributed by atoms with Crippen LogP contribution in [-0.2, 0) is 0 Å². The fraction of sp³-hybridized carbons (Fsp3) is 0.0909. The molecule has 4 nitrogen and oxygen atoms in total. The van der Waals surface area contributed by atoms with Gasteiger partial charge in [0.15, 0.2) is 0 Å².